The third-order valence-electron chi connectivity index (χ3n) is 5.86. The molecule has 1 atom stereocenters. The van der Waals surface area contributed by atoms with Crippen LogP contribution in [-0.2, 0) is 15.0 Å². The van der Waals surface area contributed by atoms with E-state index in [-0.39, 0.29) is 24.2 Å². The topological polar surface area (TPSA) is 67.2 Å². The van der Waals surface area contributed by atoms with Gasteiger partial charge in [-0.15, -0.1) is 0 Å². The largest absolute Gasteiger partial charge is 0.311 e. The molecule has 158 valence electrons. The van der Waals surface area contributed by atoms with E-state index in [0.29, 0.717) is 39.9 Å². The Morgan fingerprint density at radius 1 is 1.16 bits per heavy atom. The maximum Gasteiger partial charge on any atom is 0.242 e. The molecule has 3 heterocycles. The number of hydrogen-bond acceptors (Lipinski definition) is 3. The lowest BCUT2D eigenvalue weighted by molar-refractivity contribution is -0.126. The lowest BCUT2D eigenvalue weighted by Gasteiger charge is -2.32. The van der Waals surface area contributed by atoms with Crippen molar-refractivity contribution < 1.29 is 14.0 Å². The van der Waals surface area contributed by atoms with Gasteiger partial charge in [-0.2, -0.15) is 5.10 Å². The number of benzene rings is 2. The number of nitrogens with zero attached hydrogens (tertiary/aromatic N) is 3. The fourth-order valence-corrected chi connectivity index (χ4v) is 4.83. The highest BCUT2D eigenvalue weighted by atomic mass is 35.5. The molecule has 0 saturated heterocycles. The first kappa shape index (κ1) is 19.8. The van der Waals surface area contributed by atoms with Gasteiger partial charge in [0.15, 0.2) is 0 Å². The molecule has 1 spiro atoms. The van der Waals surface area contributed by atoms with Crippen molar-refractivity contribution in [2.24, 2.45) is 5.92 Å². The highest BCUT2D eigenvalue weighted by Gasteiger charge is 2.57. The van der Waals surface area contributed by atoms with Crippen LogP contribution in [0.15, 0.2) is 48.7 Å². The number of carbonyl (C=O) groups is 2. The van der Waals surface area contributed by atoms with Crippen LogP contribution in [0, 0.1) is 11.7 Å². The number of rotatable bonds is 3. The summed E-state index contributed by atoms with van der Waals surface area (Å²) in [5.74, 6) is -0.463. The first-order valence-corrected chi connectivity index (χ1v) is 10.5. The summed E-state index contributed by atoms with van der Waals surface area (Å²) in [5.41, 5.74) is 0.907. The molecule has 0 bridgehead atoms. The Labute approximate surface area is 183 Å². The number of nitrogens with one attached hydrogen (secondary N) is 1. The maximum absolute atomic E-state index is 14.3. The summed E-state index contributed by atoms with van der Waals surface area (Å²) in [6, 6.07) is 11.4. The minimum absolute atomic E-state index is 0.113. The van der Waals surface area contributed by atoms with Gasteiger partial charge >= 0.3 is 0 Å². The van der Waals surface area contributed by atoms with Crippen LogP contribution in [0.4, 0.5) is 15.9 Å². The lowest BCUT2D eigenvalue weighted by atomic mass is 9.71. The van der Waals surface area contributed by atoms with Crippen molar-refractivity contribution in [1.82, 2.24) is 9.78 Å². The monoisotopic (exact) mass is 438 g/mol. The predicted octanol–water partition coefficient (Wildman–Crippen LogP) is 4.30. The molecule has 2 aliphatic heterocycles. The maximum atomic E-state index is 14.3. The van der Waals surface area contributed by atoms with Crippen LogP contribution in [0.3, 0.4) is 0 Å². The summed E-state index contributed by atoms with van der Waals surface area (Å²) in [6.07, 6.45) is 1.46. The Kier molecular flexibility index (Phi) is 4.41. The number of carbonyl (C=O) groups excluding carboxylic acids is 2. The number of fused-ring (bicyclic) bond motifs is 4. The smallest absolute Gasteiger partial charge is 0.242 e. The quantitative estimate of drug-likeness (QED) is 0.663. The zero-order chi connectivity index (χ0) is 21.9. The number of amides is 2. The van der Waals surface area contributed by atoms with E-state index < -0.39 is 11.2 Å². The molecule has 1 N–H and O–H groups in total. The van der Waals surface area contributed by atoms with Gasteiger partial charge in [0.25, 0.3) is 0 Å². The fraction of sp³-hybridized carbons (Fsp3) is 0.261. The summed E-state index contributed by atoms with van der Waals surface area (Å²) < 4.78 is 15.9. The highest BCUT2D eigenvalue weighted by Crippen LogP contribution is 2.52. The van der Waals surface area contributed by atoms with Crippen molar-refractivity contribution >= 4 is 34.9 Å². The number of anilines is 2. The van der Waals surface area contributed by atoms with Gasteiger partial charge in [-0.05, 0) is 41.8 Å². The Morgan fingerprint density at radius 2 is 1.94 bits per heavy atom. The predicted molar refractivity (Wildman–Crippen MR) is 116 cm³/mol. The van der Waals surface area contributed by atoms with Gasteiger partial charge in [-0.1, -0.05) is 37.6 Å². The van der Waals surface area contributed by atoms with E-state index in [9.17, 15) is 14.0 Å². The SMILES string of the molecule is CC(C)CN1C(=O)[C@]2(CC(=O)Nc3c2cnn3-c2ccccc2Cl)c2cc(F)ccc21. The zero-order valence-corrected chi connectivity index (χ0v) is 17.8. The van der Waals surface area contributed by atoms with E-state index in [4.69, 9.17) is 11.6 Å². The minimum Gasteiger partial charge on any atom is -0.311 e. The summed E-state index contributed by atoms with van der Waals surface area (Å²) in [5, 5.41) is 7.75. The molecule has 1 aromatic heterocycles. The highest BCUT2D eigenvalue weighted by molar-refractivity contribution is 6.32. The van der Waals surface area contributed by atoms with Crippen LogP contribution < -0.4 is 10.2 Å². The Balaban J connectivity index is 1.77. The molecular formula is C23H20ClFN4O2. The average Bonchev–Trinajstić information content (AvgIpc) is 3.22. The van der Waals surface area contributed by atoms with E-state index in [1.165, 1.54) is 16.8 Å². The standard InChI is InChI=1S/C23H20ClFN4O2/c1-13(2)12-28-18-8-7-14(25)9-15(18)23(22(28)31)10-20(30)27-21-16(23)11-26-29(21)19-6-4-3-5-17(19)24/h3-9,11,13H,10,12H2,1-2H3,(H,27,30)/t23-/m1/s1. The Hall–Kier alpha value is -3.19. The number of hydrogen-bond donors (Lipinski definition) is 1. The van der Waals surface area contributed by atoms with Crippen molar-refractivity contribution in [1.29, 1.82) is 0 Å². The second-order valence-electron chi connectivity index (χ2n) is 8.37. The van der Waals surface area contributed by atoms with Crippen LogP contribution in [0.2, 0.25) is 5.02 Å². The van der Waals surface area contributed by atoms with Crippen molar-refractivity contribution in [3.05, 3.63) is 70.6 Å². The van der Waals surface area contributed by atoms with Gasteiger partial charge in [0.1, 0.15) is 17.1 Å². The lowest BCUT2D eigenvalue weighted by Crippen LogP contribution is -2.47. The Morgan fingerprint density at radius 3 is 2.68 bits per heavy atom. The van der Waals surface area contributed by atoms with Gasteiger partial charge in [0.05, 0.1) is 16.9 Å². The van der Waals surface area contributed by atoms with E-state index in [0.717, 1.165) is 0 Å². The van der Waals surface area contributed by atoms with Gasteiger partial charge < -0.3 is 10.2 Å². The van der Waals surface area contributed by atoms with Gasteiger partial charge in [-0.3, -0.25) is 9.59 Å². The fourth-order valence-electron chi connectivity index (χ4n) is 4.62. The van der Waals surface area contributed by atoms with Crippen LogP contribution in [0.25, 0.3) is 5.69 Å². The summed E-state index contributed by atoms with van der Waals surface area (Å²) in [6.45, 7) is 4.49. The van der Waals surface area contributed by atoms with Crippen molar-refractivity contribution in [2.45, 2.75) is 25.7 Å². The average molecular weight is 439 g/mol. The first-order chi connectivity index (χ1) is 14.8. The van der Waals surface area contributed by atoms with Crippen LogP contribution in [0.5, 0.6) is 0 Å². The molecule has 0 saturated carbocycles. The summed E-state index contributed by atoms with van der Waals surface area (Å²) in [4.78, 5) is 28.4. The van der Waals surface area contributed by atoms with Crippen molar-refractivity contribution in [3.8, 4) is 5.69 Å². The Bertz CT molecular complexity index is 1240. The van der Waals surface area contributed by atoms with E-state index in [2.05, 4.69) is 10.4 Å². The number of para-hydroxylation sites is 1. The number of halogens is 2. The molecule has 0 aliphatic carbocycles. The van der Waals surface area contributed by atoms with E-state index >= 15 is 0 Å². The minimum atomic E-state index is -1.33. The van der Waals surface area contributed by atoms with Gasteiger partial charge in [-0.25, -0.2) is 9.07 Å². The van der Waals surface area contributed by atoms with E-state index in [1.807, 2.05) is 19.9 Å². The van der Waals surface area contributed by atoms with Crippen molar-refractivity contribution in [2.75, 3.05) is 16.8 Å². The molecule has 0 unspecified atom stereocenters. The molecule has 31 heavy (non-hydrogen) atoms. The van der Waals surface area contributed by atoms with Crippen LogP contribution >= 0.6 is 11.6 Å². The van der Waals surface area contributed by atoms with Gasteiger partial charge in [0.2, 0.25) is 11.8 Å². The summed E-state index contributed by atoms with van der Waals surface area (Å²) in [7, 11) is 0. The third kappa shape index (κ3) is 2.80. The second kappa shape index (κ2) is 6.92. The summed E-state index contributed by atoms with van der Waals surface area (Å²) >= 11 is 6.36. The normalized spacial score (nSPS) is 19.7. The molecule has 2 aliphatic rings. The zero-order valence-electron chi connectivity index (χ0n) is 17.0. The van der Waals surface area contributed by atoms with E-state index in [1.54, 1.807) is 35.4 Å². The first-order valence-electron chi connectivity index (χ1n) is 10.1. The molecule has 0 radical (unpaired) electrons. The third-order valence-corrected chi connectivity index (χ3v) is 6.18. The molecule has 3 aromatic rings. The molecule has 5 rings (SSSR count). The molecule has 2 aromatic carbocycles. The number of aromatic nitrogens is 2. The second-order valence-corrected chi connectivity index (χ2v) is 8.78. The molecule has 0 fully saturated rings. The molecule has 8 heteroatoms. The van der Waals surface area contributed by atoms with Crippen LogP contribution in [-0.4, -0.2) is 28.1 Å². The van der Waals surface area contributed by atoms with Crippen molar-refractivity contribution in [3.63, 3.8) is 0 Å². The molecule has 2 amide bonds. The molecule has 6 nitrogen and oxygen atoms in total. The van der Waals surface area contributed by atoms with Gasteiger partial charge in [0, 0.05) is 24.2 Å². The van der Waals surface area contributed by atoms with Crippen LogP contribution in [0.1, 0.15) is 31.4 Å². The molecular weight excluding hydrogens is 419 g/mol.